The molecule has 1 unspecified atom stereocenters. The third-order valence-corrected chi connectivity index (χ3v) is 3.03. The summed E-state index contributed by atoms with van der Waals surface area (Å²) in [6.07, 6.45) is 2.03. The van der Waals surface area contributed by atoms with Gasteiger partial charge in [0.15, 0.2) is 0 Å². The number of nitrogens with two attached hydrogens (primary N) is 1. The van der Waals surface area contributed by atoms with Crippen LogP contribution in [-0.4, -0.2) is 34.0 Å². The molecule has 3 N–H and O–H groups in total. The van der Waals surface area contributed by atoms with Crippen LogP contribution in [0.2, 0.25) is 0 Å². The number of aryl methyl sites for hydroxylation is 1. The first kappa shape index (κ1) is 14.1. The second kappa shape index (κ2) is 5.75. The number of carbonyl (C=O) groups is 1. The minimum absolute atomic E-state index is 0.241. The fourth-order valence-corrected chi connectivity index (χ4v) is 2.00. The van der Waals surface area contributed by atoms with Crippen molar-refractivity contribution in [3.05, 3.63) is 36.0 Å². The van der Waals surface area contributed by atoms with E-state index in [0.717, 1.165) is 22.6 Å². The van der Waals surface area contributed by atoms with Gasteiger partial charge in [0.25, 0.3) is 0 Å². The third kappa shape index (κ3) is 2.97. The van der Waals surface area contributed by atoms with E-state index < -0.39 is 12.0 Å². The topological polar surface area (TPSA) is 90.4 Å². The van der Waals surface area contributed by atoms with Crippen LogP contribution in [0.3, 0.4) is 0 Å². The maximum atomic E-state index is 10.9. The van der Waals surface area contributed by atoms with E-state index in [1.54, 1.807) is 25.0 Å². The van der Waals surface area contributed by atoms with E-state index in [9.17, 15) is 4.79 Å². The second-order valence-electron chi connectivity index (χ2n) is 4.55. The van der Waals surface area contributed by atoms with Crippen molar-refractivity contribution >= 4 is 5.97 Å². The zero-order valence-corrected chi connectivity index (χ0v) is 11.4. The van der Waals surface area contributed by atoms with Crippen LogP contribution < -0.4 is 10.5 Å². The fourth-order valence-electron chi connectivity index (χ4n) is 2.00. The van der Waals surface area contributed by atoms with E-state index >= 15 is 0 Å². The van der Waals surface area contributed by atoms with Crippen LogP contribution in [0, 0.1) is 0 Å². The van der Waals surface area contributed by atoms with E-state index in [2.05, 4.69) is 5.10 Å². The lowest BCUT2D eigenvalue weighted by Crippen LogP contribution is -2.32. The quantitative estimate of drug-likeness (QED) is 0.851. The predicted molar refractivity (Wildman–Crippen MR) is 74.5 cm³/mol. The van der Waals surface area contributed by atoms with Crippen LogP contribution in [0.4, 0.5) is 0 Å². The Kier molecular flexibility index (Phi) is 4.05. The first-order valence-electron chi connectivity index (χ1n) is 6.16. The van der Waals surface area contributed by atoms with Gasteiger partial charge in [-0.15, -0.1) is 0 Å². The summed E-state index contributed by atoms with van der Waals surface area (Å²) in [5, 5.41) is 13.3. The molecule has 0 saturated carbocycles. The van der Waals surface area contributed by atoms with E-state index in [1.807, 2.05) is 24.3 Å². The molecule has 0 amide bonds. The molecule has 0 fully saturated rings. The van der Waals surface area contributed by atoms with Crippen LogP contribution in [0.5, 0.6) is 5.75 Å². The lowest BCUT2D eigenvalue weighted by atomic mass is 10.0. The molecule has 6 heteroatoms. The van der Waals surface area contributed by atoms with Crippen molar-refractivity contribution in [2.45, 2.75) is 12.5 Å². The molecule has 2 rings (SSSR count). The molecule has 0 aliphatic rings. The maximum Gasteiger partial charge on any atom is 0.320 e. The van der Waals surface area contributed by atoms with E-state index in [1.165, 1.54) is 0 Å². The van der Waals surface area contributed by atoms with Gasteiger partial charge in [-0.3, -0.25) is 9.48 Å². The van der Waals surface area contributed by atoms with Crippen molar-refractivity contribution in [1.82, 2.24) is 9.78 Å². The summed E-state index contributed by atoms with van der Waals surface area (Å²) in [4.78, 5) is 10.9. The normalized spacial score (nSPS) is 12.2. The molecule has 2 aromatic rings. The van der Waals surface area contributed by atoms with Gasteiger partial charge < -0.3 is 15.6 Å². The molecule has 1 aromatic carbocycles. The molecule has 1 aromatic heterocycles. The molecule has 20 heavy (non-hydrogen) atoms. The van der Waals surface area contributed by atoms with Gasteiger partial charge in [-0.1, -0.05) is 0 Å². The first-order valence-corrected chi connectivity index (χ1v) is 6.16. The fraction of sp³-hybridized carbons (Fsp3) is 0.286. The number of aromatic nitrogens is 2. The predicted octanol–water partition coefficient (Wildman–Crippen LogP) is 1.05. The number of rotatable bonds is 5. The number of hydrogen-bond donors (Lipinski definition) is 2. The van der Waals surface area contributed by atoms with Crippen LogP contribution in [-0.2, 0) is 18.3 Å². The molecule has 0 radical (unpaired) electrons. The molecular weight excluding hydrogens is 258 g/mol. The molecule has 0 aliphatic carbocycles. The van der Waals surface area contributed by atoms with Gasteiger partial charge in [0, 0.05) is 30.8 Å². The SMILES string of the molecule is COc1ccc(-c2nn(C)cc2CC(N)C(=O)O)cc1. The van der Waals surface area contributed by atoms with Gasteiger partial charge in [-0.2, -0.15) is 5.10 Å². The Morgan fingerprint density at radius 1 is 1.45 bits per heavy atom. The number of methoxy groups -OCH3 is 1. The van der Waals surface area contributed by atoms with Gasteiger partial charge in [0.1, 0.15) is 11.8 Å². The summed E-state index contributed by atoms with van der Waals surface area (Å²) in [6.45, 7) is 0. The molecule has 0 saturated heterocycles. The number of aliphatic carboxylic acids is 1. The van der Waals surface area contributed by atoms with Crippen molar-refractivity contribution in [3.63, 3.8) is 0 Å². The third-order valence-electron chi connectivity index (χ3n) is 3.03. The van der Waals surface area contributed by atoms with Gasteiger partial charge in [0.2, 0.25) is 0 Å². The number of carboxylic acids is 1. The van der Waals surface area contributed by atoms with Gasteiger partial charge in [0.05, 0.1) is 12.8 Å². The van der Waals surface area contributed by atoms with Crippen LogP contribution in [0.1, 0.15) is 5.56 Å². The zero-order valence-electron chi connectivity index (χ0n) is 11.4. The number of hydrogen-bond acceptors (Lipinski definition) is 4. The van der Waals surface area contributed by atoms with E-state index in [-0.39, 0.29) is 6.42 Å². The monoisotopic (exact) mass is 275 g/mol. The summed E-state index contributed by atoms with van der Waals surface area (Å²) < 4.78 is 6.77. The van der Waals surface area contributed by atoms with Crippen LogP contribution in [0.15, 0.2) is 30.5 Å². The number of benzene rings is 1. The number of carboxylic acid groups (broad SMARTS) is 1. The van der Waals surface area contributed by atoms with Gasteiger partial charge in [-0.25, -0.2) is 0 Å². The largest absolute Gasteiger partial charge is 0.497 e. The van der Waals surface area contributed by atoms with Crippen molar-refractivity contribution in [1.29, 1.82) is 0 Å². The highest BCUT2D eigenvalue weighted by molar-refractivity contribution is 5.74. The van der Waals surface area contributed by atoms with Gasteiger partial charge >= 0.3 is 5.97 Å². The lowest BCUT2D eigenvalue weighted by Gasteiger charge is -2.07. The number of ether oxygens (including phenoxy) is 1. The number of nitrogens with zero attached hydrogens (tertiary/aromatic N) is 2. The molecule has 1 atom stereocenters. The Morgan fingerprint density at radius 3 is 2.65 bits per heavy atom. The Morgan fingerprint density at radius 2 is 2.10 bits per heavy atom. The Balaban J connectivity index is 2.33. The Bertz CT molecular complexity index is 605. The summed E-state index contributed by atoms with van der Waals surface area (Å²) in [5.74, 6) is -0.261. The minimum atomic E-state index is -1.02. The van der Waals surface area contributed by atoms with Crippen LogP contribution in [0.25, 0.3) is 11.3 Å². The zero-order chi connectivity index (χ0) is 14.7. The molecule has 1 heterocycles. The highest BCUT2D eigenvalue weighted by atomic mass is 16.5. The van der Waals surface area contributed by atoms with E-state index in [0.29, 0.717) is 0 Å². The minimum Gasteiger partial charge on any atom is -0.497 e. The summed E-state index contributed by atoms with van der Waals surface area (Å²) >= 11 is 0. The summed E-state index contributed by atoms with van der Waals surface area (Å²) in [6, 6.07) is 6.51. The second-order valence-corrected chi connectivity index (χ2v) is 4.55. The maximum absolute atomic E-state index is 10.9. The Hall–Kier alpha value is -2.34. The molecule has 0 bridgehead atoms. The highest BCUT2D eigenvalue weighted by Crippen LogP contribution is 2.25. The Labute approximate surface area is 116 Å². The van der Waals surface area contributed by atoms with Crippen molar-refractivity contribution in [2.75, 3.05) is 7.11 Å². The summed E-state index contributed by atoms with van der Waals surface area (Å²) in [7, 11) is 3.40. The average molecular weight is 275 g/mol. The van der Waals surface area contributed by atoms with Gasteiger partial charge in [-0.05, 0) is 24.3 Å². The molecule has 6 nitrogen and oxygen atoms in total. The van der Waals surface area contributed by atoms with Crippen LogP contribution >= 0.6 is 0 Å². The average Bonchev–Trinajstić information content (AvgIpc) is 2.79. The lowest BCUT2D eigenvalue weighted by molar-refractivity contribution is -0.138. The van der Waals surface area contributed by atoms with E-state index in [4.69, 9.17) is 15.6 Å². The molecule has 106 valence electrons. The smallest absolute Gasteiger partial charge is 0.320 e. The standard InChI is InChI=1S/C14H17N3O3/c1-17-8-10(7-12(15)14(18)19)13(16-17)9-3-5-11(20-2)6-4-9/h3-6,8,12H,7,15H2,1-2H3,(H,18,19). The molecule has 0 aliphatic heterocycles. The van der Waals surface area contributed by atoms with Crippen molar-refractivity contribution in [3.8, 4) is 17.0 Å². The molecule has 0 spiro atoms. The summed E-state index contributed by atoms with van der Waals surface area (Å²) in [5.41, 5.74) is 8.05. The van der Waals surface area contributed by atoms with Crippen molar-refractivity contribution < 1.29 is 14.6 Å². The highest BCUT2D eigenvalue weighted by Gasteiger charge is 2.17. The van der Waals surface area contributed by atoms with Crippen molar-refractivity contribution in [2.24, 2.45) is 12.8 Å². The first-order chi connectivity index (χ1) is 9.51. The molecular formula is C14H17N3O3.